The minimum absolute atomic E-state index is 0.145. The Bertz CT molecular complexity index is 506. The van der Waals surface area contributed by atoms with Crippen molar-refractivity contribution in [2.75, 3.05) is 11.9 Å². The first-order chi connectivity index (χ1) is 8.82. The molecule has 0 heterocycles. The third-order valence-corrected chi connectivity index (χ3v) is 3.29. The molecule has 0 bridgehead atoms. The first-order valence-electron chi connectivity index (χ1n) is 5.53. The first-order valence-corrected chi connectivity index (χ1v) is 6.29. The highest BCUT2D eigenvalue weighted by molar-refractivity contribution is 6.40. The van der Waals surface area contributed by atoms with Gasteiger partial charge in [0.15, 0.2) is 0 Å². The normalized spacial score (nSPS) is 12.0. The highest BCUT2D eigenvalue weighted by atomic mass is 35.5. The number of halogens is 2. The third-order valence-electron chi connectivity index (χ3n) is 2.49. The number of hydrogen-bond donors (Lipinski definition) is 3. The number of amides is 1. The molecule has 0 aliphatic rings. The number of carbonyl (C=O) groups excluding carboxylic acids is 1. The van der Waals surface area contributed by atoms with Gasteiger partial charge in [-0.25, -0.2) is 0 Å². The van der Waals surface area contributed by atoms with Crippen LogP contribution in [0.1, 0.15) is 12.5 Å². The smallest absolute Gasteiger partial charge is 0.320 e. The number of carbonyl (C=O) groups is 2. The van der Waals surface area contributed by atoms with Gasteiger partial charge in [-0.1, -0.05) is 29.3 Å². The molecule has 104 valence electrons. The summed E-state index contributed by atoms with van der Waals surface area (Å²) in [6, 6.07) is 2.56. The summed E-state index contributed by atoms with van der Waals surface area (Å²) >= 11 is 12.0. The van der Waals surface area contributed by atoms with Crippen molar-refractivity contribution in [2.24, 2.45) is 0 Å². The Morgan fingerprint density at radius 1 is 1.37 bits per heavy atom. The average molecular weight is 305 g/mol. The molecule has 0 saturated carbocycles. The van der Waals surface area contributed by atoms with Gasteiger partial charge in [0.2, 0.25) is 5.91 Å². The lowest BCUT2D eigenvalue weighted by atomic mass is 10.2. The maximum atomic E-state index is 11.7. The Hall–Kier alpha value is -1.30. The van der Waals surface area contributed by atoms with E-state index in [0.29, 0.717) is 15.7 Å². The quantitative estimate of drug-likeness (QED) is 0.780. The lowest BCUT2D eigenvalue weighted by Crippen LogP contribution is -2.39. The summed E-state index contributed by atoms with van der Waals surface area (Å²) in [5.74, 6) is -1.44. The van der Waals surface area contributed by atoms with E-state index in [4.69, 9.17) is 28.3 Å². The molecule has 5 nitrogen and oxygen atoms in total. The molecule has 1 aromatic rings. The fourth-order valence-electron chi connectivity index (χ4n) is 1.29. The van der Waals surface area contributed by atoms with Crippen LogP contribution in [0.5, 0.6) is 0 Å². The molecule has 19 heavy (non-hydrogen) atoms. The molecule has 0 saturated heterocycles. The van der Waals surface area contributed by atoms with Crippen molar-refractivity contribution in [3.05, 3.63) is 27.7 Å². The van der Waals surface area contributed by atoms with Crippen molar-refractivity contribution < 1.29 is 14.7 Å². The van der Waals surface area contributed by atoms with Crippen LogP contribution < -0.4 is 10.6 Å². The zero-order valence-corrected chi connectivity index (χ0v) is 12.0. The number of aliphatic carboxylic acids is 1. The largest absolute Gasteiger partial charge is 0.480 e. The van der Waals surface area contributed by atoms with Crippen molar-refractivity contribution in [3.63, 3.8) is 0 Å². The Labute approximate surface area is 120 Å². The summed E-state index contributed by atoms with van der Waals surface area (Å²) in [5.41, 5.74) is 1.12. The van der Waals surface area contributed by atoms with Crippen LogP contribution >= 0.6 is 23.2 Å². The number of nitrogens with one attached hydrogen (secondary N) is 2. The summed E-state index contributed by atoms with van der Waals surface area (Å²) in [5, 5.41) is 14.5. The van der Waals surface area contributed by atoms with Crippen molar-refractivity contribution in [1.82, 2.24) is 5.32 Å². The highest BCUT2D eigenvalue weighted by Crippen LogP contribution is 2.32. The zero-order chi connectivity index (χ0) is 14.6. The van der Waals surface area contributed by atoms with Crippen LogP contribution in [0, 0.1) is 6.92 Å². The van der Waals surface area contributed by atoms with Gasteiger partial charge < -0.3 is 10.4 Å². The minimum atomic E-state index is -1.03. The van der Waals surface area contributed by atoms with Crippen LogP contribution in [0.4, 0.5) is 5.69 Å². The Balaban J connectivity index is 2.68. The minimum Gasteiger partial charge on any atom is -0.480 e. The van der Waals surface area contributed by atoms with E-state index in [1.54, 1.807) is 19.1 Å². The van der Waals surface area contributed by atoms with Crippen LogP contribution in [0.2, 0.25) is 10.0 Å². The second-order valence-electron chi connectivity index (χ2n) is 4.04. The third kappa shape index (κ3) is 4.38. The predicted molar refractivity (Wildman–Crippen MR) is 74.9 cm³/mol. The summed E-state index contributed by atoms with van der Waals surface area (Å²) in [6.45, 7) is 3.09. The van der Waals surface area contributed by atoms with Gasteiger partial charge in [0.25, 0.3) is 0 Å². The predicted octanol–water partition coefficient (Wildman–Crippen LogP) is 2.30. The van der Waals surface area contributed by atoms with E-state index in [1.807, 2.05) is 0 Å². The number of benzene rings is 1. The molecule has 1 rings (SSSR count). The summed E-state index contributed by atoms with van der Waals surface area (Å²) in [7, 11) is 0. The molecule has 0 aliphatic carbocycles. The van der Waals surface area contributed by atoms with Crippen molar-refractivity contribution in [3.8, 4) is 0 Å². The molecule has 1 amide bonds. The Morgan fingerprint density at radius 3 is 2.58 bits per heavy atom. The van der Waals surface area contributed by atoms with Crippen LogP contribution in [-0.2, 0) is 9.59 Å². The molecular formula is C12H14Cl2N2O3. The molecule has 0 unspecified atom stereocenters. The average Bonchev–Trinajstić information content (AvgIpc) is 2.36. The number of aryl methyl sites for hydroxylation is 1. The first kappa shape index (κ1) is 15.8. The molecular weight excluding hydrogens is 291 g/mol. The molecule has 0 fully saturated rings. The molecule has 3 N–H and O–H groups in total. The van der Waals surface area contributed by atoms with Gasteiger partial charge in [-0.15, -0.1) is 0 Å². The van der Waals surface area contributed by atoms with Gasteiger partial charge in [-0.2, -0.15) is 0 Å². The van der Waals surface area contributed by atoms with Gasteiger partial charge in [0, 0.05) is 0 Å². The van der Waals surface area contributed by atoms with E-state index in [9.17, 15) is 9.59 Å². The number of carboxylic acids is 1. The van der Waals surface area contributed by atoms with Gasteiger partial charge in [0.05, 0.1) is 22.3 Å². The van der Waals surface area contributed by atoms with E-state index in [2.05, 4.69) is 10.6 Å². The lowest BCUT2D eigenvalue weighted by molar-refractivity contribution is -0.139. The second kappa shape index (κ2) is 6.75. The Kier molecular flexibility index (Phi) is 5.60. The number of anilines is 1. The second-order valence-corrected chi connectivity index (χ2v) is 4.83. The molecule has 0 radical (unpaired) electrons. The highest BCUT2D eigenvalue weighted by Gasteiger charge is 2.14. The van der Waals surface area contributed by atoms with Crippen LogP contribution in [0.3, 0.4) is 0 Å². The van der Waals surface area contributed by atoms with Crippen molar-refractivity contribution in [1.29, 1.82) is 0 Å². The standard InChI is InChI=1S/C12H14Cl2N2O3/c1-6-3-4-8(13)11(10(6)14)16-9(17)5-15-7(2)12(18)19/h3-4,7,15H,5H2,1-2H3,(H,16,17)(H,18,19)/t7-/m0/s1. The van der Waals surface area contributed by atoms with Crippen molar-refractivity contribution >= 4 is 40.8 Å². The maximum absolute atomic E-state index is 11.7. The summed E-state index contributed by atoms with van der Waals surface area (Å²) in [6.07, 6.45) is 0. The number of rotatable bonds is 5. The molecule has 0 aromatic heterocycles. The molecule has 7 heteroatoms. The van der Waals surface area contributed by atoms with Gasteiger partial charge in [-0.3, -0.25) is 14.9 Å². The monoisotopic (exact) mass is 304 g/mol. The maximum Gasteiger partial charge on any atom is 0.320 e. The van der Waals surface area contributed by atoms with Gasteiger partial charge in [-0.05, 0) is 25.5 Å². The fourth-order valence-corrected chi connectivity index (χ4v) is 1.75. The fraction of sp³-hybridized carbons (Fsp3) is 0.333. The topological polar surface area (TPSA) is 78.4 Å². The molecule has 1 aromatic carbocycles. The van der Waals surface area contributed by atoms with Gasteiger partial charge >= 0.3 is 5.97 Å². The van der Waals surface area contributed by atoms with E-state index in [-0.39, 0.29) is 6.54 Å². The number of hydrogen-bond acceptors (Lipinski definition) is 3. The molecule has 0 spiro atoms. The van der Waals surface area contributed by atoms with Crippen LogP contribution in [-0.4, -0.2) is 29.6 Å². The van der Waals surface area contributed by atoms with E-state index < -0.39 is 17.9 Å². The van der Waals surface area contributed by atoms with Crippen LogP contribution in [0.25, 0.3) is 0 Å². The summed E-state index contributed by atoms with van der Waals surface area (Å²) in [4.78, 5) is 22.3. The SMILES string of the molecule is Cc1ccc(Cl)c(NC(=O)CN[C@@H](C)C(=O)O)c1Cl. The number of carboxylic acid groups (broad SMARTS) is 1. The van der Waals surface area contributed by atoms with Crippen LogP contribution in [0.15, 0.2) is 12.1 Å². The Morgan fingerprint density at radius 2 is 2.00 bits per heavy atom. The van der Waals surface area contributed by atoms with Gasteiger partial charge in [0.1, 0.15) is 6.04 Å². The summed E-state index contributed by atoms with van der Waals surface area (Å²) < 4.78 is 0. The van der Waals surface area contributed by atoms with E-state index >= 15 is 0 Å². The molecule has 0 aliphatic heterocycles. The zero-order valence-electron chi connectivity index (χ0n) is 10.5. The van der Waals surface area contributed by atoms with E-state index in [1.165, 1.54) is 6.92 Å². The van der Waals surface area contributed by atoms with E-state index in [0.717, 1.165) is 5.56 Å². The van der Waals surface area contributed by atoms with Crippen molar-refractivity contribution in [2.45, 2.75) is 19.9 Å². The molecule has 1 atom stereocenters. The lowest BCUT2D eigenvalue weighted by Gasteiger charge is -2.12.